The Morgan fingerprint density at radius 1 is 1.03 bits per heavy atom. The van der Waals surface area contributed by atoms with E-state index >= 15 is 0 Å². The normalized spacial score (nSPS) is 20.0. The third kappa shape index (κ3) is 3.74. The number of rotatable bonds is 3. The zero-order valence-corrected chi connectivity index (χ0v) is 18.1. The fraction of sp³-hybridized carbons (Fsp3) is 0.381. The van der Waals surface area contributed by atoms with Crippen LogP contribution in [0.4, 0.5) is 11.4 Å². The Kier molecular flexibility index (Phi) is 5.31. The van der Waals surface area contributed by atoms with Crippen LogP contribution in [-0.4, -0.2) is 50.9 Å². The van der Waals surface area contributed by atoms with Crippen molar-refractivity contribution in [2.24, 2.45) is 0 Å². The van der Waals surface area contributed by atoms with Crippen molar-refractivity contribution >= 4 is 38.9 Å². The van der Waals surface area contributed by atoms with Gasteiger partial charge in [-0.2, -0.15) is 4.31 Å². The van der Waals surface area contributed by atoms with Crippen LogP contribution in [0.2, 0.25) is 5.02 Å². The highest BCUT2D eigenvalue weighted by Gasteiger charge is 2.33. The van der Waals surface area contributed by atoms with Crippen LogP contribution in [0.15, 0.2) is 47.4 Å². The topological polar surface area (TPSA) is 60.9 Å². The average molecular weight is 434 g/mol. The van der Waals surface area contributed by atoms with Gasteiger partial charge in [0.25, 0.3) is 0 Å². The summed E-state index contributed by atoms with van der Waals surface area (Å²) in [5, 5.41) is 0.684. The van der Waals surface area contributed by atoms with E-state index in [4.69, 9.17) is 11.6 Å². The molecule has 0 spiro atoms. The number of piperazine rings is 1. The van der Waals surface area contributed by atoms with Gasteiger partial charge in [-0.1, -0.05) is 11.6 Å². The van der Waals surface area contributed by atoms with Gasteiger partial charge in [-0.25, -0.2) is 8.42 Å². The van der Waals surface area contributed by atoms with Gasteiger partial charge in [0.2, 0.25) is 15.9 Å². The summed E-state index contributed by atoms with van der Waals surface area (Å²) >= 11 is 5.95. The van der Waals surface area contributed by atoms with Gasteiger partial charge in [0.15, 0.2) is 0 Å². The second-order valence-corrected chi connectivity index (χ2v) is 9.97. The molecule has 0 radical (unpaired) electrons. The van der Waals surface area contributed by atoms with Gasteiger partial charge in [-0.15, -0.1) is 0 Å². The molecule has 2 aromatic rings. The van der Waals surface area contributed by atoms with Gasteiger partial charge in [0, 0.05) is 55.5 Å². The smallest absolute Gasteiger partial charge is 0.243 e. The predicted octanol–water partition coefficient (Wildman–Crippen LogP) is 3.15. The molecule has 1 unspecified atom stereocenters. The maximum absolute atomic E-state index is 13.2. The van der Waals surface area contributed by atoms with Crippen molar-refractivity contribution in [1.82, 2.24) is 4.31 Å². The molecule has 1 fully saturated rings. The first-order chi connectivity index (χ1) is 13.8. The fourth-order valence-corrected chi connectivity index (χ4v) is 5.83. The number of fused-ring (bicyclic) bond motifs is 1. The van der Waals surface area contributed by atoms with Crippen molar-refractivity contribution in [3.63, 3.8) is 0 Å². The summed E-state index contributed by atoms with van der Waals surface area (Å²) in [4.78, 5) is 16.1. The number of halogens is 1. The number of nitrogens with zero attached hydrogens (tertiary/aromatic N) is 3. The van der Waals surface area contributed by atoms with Gasteiger partial charge < -0.3 is 9.80 Å². The van der Waals surface area contributed by atoms with E-state index in [0.717, 1.165) is 16.9 Å². The third-order valence-corrected chi connectivity index (χ3v) is 7.82. The molecule has 154 valence electrons. The summed E-state index contributed by atoms with van der Waals surface area (Å²) in [7, 11) is -3.57. The molecule has 1 saturated heterocycles. The summed E-state index contributed by atoms with van der Waals surface area (Å²) in [5.41, 5.74) is 2.77. The van der Waals surface area contributed by atoms with Crippen molar-refractivity contribution in [2.45, 2.75) is 31.2 Å². The van der Waals surface area contributed by atoms with Crippen LogP contribution in [-0.2, 0) is 21.2 Å². The average Bonchev–Trinajstić information content (AvgIpc) is 3.03. The highest BCUT2D eigenvalue weighted by atomic mass is 35.5. The van der Waals surface area contributed by atoms with Gasteiger partial charge in [0.05, 0.1) is 4.90 Å². The second kappa shape index (κ2) is 7.63. The lowest BCUT2D eigenvalue weighted by Gasteiger charge is -2.35. The van der Waals surface area contributed by atoms with E-state index in [1.807, 2.05) is 31.2 Å². The molecule has 6 nitrogen and oxygen atoms in total. The van der Waals surface area contributed by atoms with E-state index < -0.39 is 10.0 Å². The minimum atomic E-state index is -3.57. The third-order valence-electron chi connectivity index (χ3n) is 5.67. The standard InChI is InChI=1S/C21H24ClN3O3S/c1-15-13-17-14-20(7-8-21(17)25(15)16(2)26)29(27,28)24-11-9-23(10-12-24)19-5-3-18(22)4-6-19/h3-8,14-15H,9-13H2,1-2H3. The maximum atomic E-state index is 13.2. The molecule has 2 heterocycles. The van der Waals surface area contributed by atoms with E-state index in [0.29, 0.717) is 42.5 Å². The molecule has 2 aromatic carbocycles. The molecule has 4 rings (SSSR count). The van der Waals surface area contributed by atoms with Crippen LogP contribution in [0.1, 0.15) is 19.4 Å². The van der Waals surface area contributed by atoms with Crippen LogP contribution in [0.5, 0.6) is 0 Å². The van der Waals surface area contributed by atoms with Crippen molar-refractivity contribution < 1.29 is 13.2 Å². The van der Waals surface area contributed by atoms with Crippen LogP contribution in [0, 0.1) is 0 Å². The molecular weight excluding hydrogens is 410 g/mol. The monoisotopic (exact) mass is 433 g/mol. The van der Waals surface area contributed by atoms with Crippen LogP contribution >= 0.6 is 11.6 Å². The Labute approximate surface area is 176 Å². The number of sulfonamides is 1. The SMILES string of the molecule is CC(=O)N1c2ccc(S(=O)(=O)N3CCN(c4ccc(Cl)cc4)CC3)cc2CC1C. The summed E-state index contributed by atoms with van der Waals surface area (Å²) in [6, 6.07) is 12.7. The van der Waals surface area contributed by atoms with Gasteiger partial charge in [-0.3, -0.25) is 4.79 Å². The zero-order valence-electron chi connectivity index (χ0n) is 16.5. The fourth-order valence-electron chi connectivity index (χ4n) is 4.24. The van der Waals surface area contributed by atoms with Gasteiger partial charge in [0.1, 0.15) is 0 Å². The highest BCUT2D eigenvalue weighted by molar-refractivity contribution is 7.89. The van der Waals surface area contributed by atoms with Crippen molar-refractivity contribution in [2.75, 3.05) is 36.0 Å². The Morgan fingerprint density at radius 3 is 2.31 bits per heavy atom. The molecular formula is C21H24ClN3O3S. The molecule has 2 aliphatic heterocycles. The van der Waals surface area contributed by atoms with Crippen LogP contribution in [0.3, 0.4) is 0 Å². The van der Waals surface area contributed by atoms with E-state index in [1.165, 1.54) is 6.92 Å². The number of benzene rings is 2. The van der Waals surface area contributed by atoms with Crippen LogP contribution in [0.25, 0.3) is 0 Å². The molecule has 0 aromatic heterocycles. The number of carbonyl (C=O) groups is 1. The largest absolute Gasteiger partial charge is 0.369 e. The lowest BCUT2D eigenvalue weighted by atomic mass is 10.1. The highest BCUT2D eigenvalue weighted by Crippen LogP contribution is 2.34. The van der Waals surface area contributed by atoms with Gasteiger partial charge >= 0.3 is 0 Å². The summed E-state index contributed by atoms with van der Waals surface area (Å²) in [5.74, 6) is -0.0230. The van der Waals surface area contributed by atoms with Crippen molar-refractivity contribution in [3.05, 3.63) is 53.1 Å². The Morgan fingerprint density at radius 2 is 1.69 bits per heavy atom. The Bertz CT molecular complexity index is 1030. The second-order valence-electron chi connectivity index (χ2n) is 7.60. The Hall–Kier alpha value is -2.09. The molecule has 1 amide bonds. The Balaban J connectivity index is 1.51. The van der Waals surface area contributed by atoms with Gasteiger partial charge in [-0.05, 0) is 61.4 Å². The zero-order chi connectivity index (χ0) is 20.8. The molecule has 0 aliphatic carbocycles. The lowest BCUT2D eigenvalue weighted by Crippen LogP contribution is -2.48. The minimum Gasteiger partial charge on any atom is -0.369 e. The minimum absolute atomic E-state index is 0.0230. The van der Waals surface area contributed by atoms with Crippen LogP contribution < -0.4 is 9.80 Å². The van der Waals surface area contributed by atoms with E-state index in [-0.39, 0.29) is 11.9 Å². The number of carbonyl (C=O) groups excluding carboxylic acids is 1. The van der Waals surface area contributed by atoms with E-state index in [2.05, 4.69) is 4.90 Å². The maximum Gasteiger partial charge on any atom is 0.243 e. The number of amides is 1. The summed E-state index contributed by atoms with van der Waals surface area (Å²) in [6.45, 7) is 5.62. The first-order valence-corrected chi connectivity index (χ1v) is 11.5. The number of hydrogen-bond donors (Lipinski definition) is 0. The number of anilines is 2. The predicted molar refractivity (Wildman–Crippen MR) is 115 cm³/mol. The molecule has 8 heteroatoms. The molecule has 29 heavy (non-hydrogen) atoms. The summed E-state index contributed by atoms with van der Waals surface area (Å²) < 4.78 is 27.9. The van der Waals surface area contributed by atoms with Crippen molar-refractivity contribution in [1.29, 1.82) is 0 Å². The lowest BCUT2D eigenvalue weighted by molar-refractivity contribution is -0.116. The quantitative estimate of drug-likeness (QED) is 0.746. The molecule has 0 bridgehead atoms. The number of hydrogen-bond acceptors (Lipinski definition) is 4. The molecule has 0 N–H and O–H groups in total. The van der Waals surface area contributed by atoms with E-state index in [1.54, 1.807) is 27.4 Å². The summed E-state index contributed by atoms with van der Waals surface area (Å²) in [6.07, 6.45) is 0.669. The van der Waals surface area contributed by atoms with E-state index in [9.17, 15) is 13.2 Å². The molecule has 1 atom stereocenters. The first-order valence-electron chi connectivity index (χ1n) is 9.71. The first kappa shape index (κ1) is 20.2. The molecule has 0 saturated carbocycles. The molecule has 2 aliphatic rings. The van der Waals surface area contributed by atoms with Crippen molar-refractivity contribution in [3.8, 4) is 0 Å².